The van der Waals surface area contributed by atoms with Crippen LogP contribution >= 0.6 is 0 Å². The van der Waals surface area contributed by atoms with Gasteiger partial charge in [0.2, 0.25) is 5.91 Å². The summed E-state index contributed by atoms with van der Waals surface area (Å²) in [6.45, 7) is 4.96. The Morgan fingerprint density at radius 2 is 0.541 bits per heavy atom. The second-order valence-electron chi connectivity index (χ2n) is 27.4. The fourth-order valence-electron chi connectivity index (χ4n) is 12.8. The van der Waals surface area contributed by atoms with Gasteiger partial charge in [-0.1, -0.05) is 424 Å². The van der Waals surface area contributed by atoms with Crippen LogP contribution in [0.1, 0.15) is 457 Å². The van der Waals surface area contributed by atoms with E-state index in [1.165, 1.54) is 392 Å². The van der Waals surface area contributed by atoms with Gasteiger partial charge in [0.1, 0.15) is 0 Å². The number of allylic oxidation sites excluding steroid dienone is 1. The van der Waals surface area contributed by atoms with Crippen LogP contribution < -0.4 is 5.32 Å². The first kappa shape index (κ1) is 83.6. The van der Waals surface area contributed by atoms with E-state index in [1.54, 1.807) is 6.08 Å². The van der Waals surface area contributed by atoms with Gasteiger partial charge in [0.15, 0.2) is 0 Å². The van der Waals surface area contributed by atoms with Crippen LogP contribution in [0.25, 0.3) is 0 Å². The standard InChI is InChI=1S/C79H155NO5/c1-3-5-7-9-11-13-15-17-18-19-20-21-22-33-36-39-42-45-48-51-55-59-63-67-71-77(82)76(75-81)80-78(83)72-68-64-60-56-52-49-46-43-40-37-34-31-29-27-25-23-24-26-28-30-32-35-38-41-44-47-50-54-58-62-66-70-74-85-79(84)73-69-65-61-57-53-16-14-12-10-8-6-4-2/h67,71,76-77,81-82H,3-66,68-70,72-75H2,1-2H3,(H,80,83)/b71-67+. The van der Waals surface area contributed by atoms with E-state index in [0.29, 0.717) is 19.4 Å². The Hall–Kier alpha value is -1.40. The van der Waals surface area contributed by atoms with Crippen molar-refractivity contribution >= 4 is 11.9 Å². The summed E-state index contributed by atoms with van der Waals surface area (Å²) in [6.07, 6.45) is 94.8. The predicted octanol–water partition coefficient (Wildman–Crippen LogP) is 25.9. The third kappa shape index (κ3) is 71.6. The number of hydrogen-bond donors (Lipinski definition) is 3. The molecule has 0 aromatic rings. The van der Waals surface area contributed by atoms with Crippen molar-refractivity contribution in [3.05, 3.63) is 12.2 Å². The van der Waals surface area contributed by atoms with E-state index < -0.39 is 12.1 Å². The Morgan fingerprint density at radius 3 is 0.800 bits per heavy atom. The van der Waals surface area contributed by atoms with Gasteiger partial charge in [-0.3, -0.25) is 9.59 Å². The molecule has 0 radical (unpaired) electrons. The van der Waals surface area contributed by atoms with Crippen LogP contribution in [0, 0.1) is 0 Å². The summed E-state index contributed by atoms with van der Waals surface area (Å²) in [5, 5.41) is 23.3. The monoisotopic (exact) mass is 1200 g/mol. The van der Waals surface area contributed by atoms with Gasteiger partial charge in [-0.2, -0.15) is 0 Å². The molecule has 6 nitrogen and oxygen atoms in total. The number of nitrogens with one attached hydrogen (secondary N) is 1. The lowest BCUT2D eigenvalue weighted by Crippen LogP contribution is -2.45. The van der Waals surface area contributed by atoms with Crippen LogP contribution in [-0.4, -0.2) is 47.4 Å². The highest BCUT2D eigenvalue weighted by atomic mass is 16.5. The van der Waals surface area contributed by atoms with Crippen molar-refractivity contribution in [2.45, 2.75) is 469 Å². The van der Waals surface area contributed by atoms with Crippen LogP contribution in [0.4, 0.5) is 0 Å². The number of hydrogen-bond acceptors (Lipinski definition) is 5. The van der Waals surface area contributed by atoms with Crippen molar-refractivity contribution in [3.8, 4) is 0 Å². The molecule has 0 bridgehead atoms. The molecule has 0 aliphatic heterocycles. The summed E-state index contributed by atoms with van der Waals surface area (Å²) in [7, 11) is 0. The van der Waals surface area contributed by atoms with Crippen LogP contribution in [0.2, 0.25) is 0 Å². The molecule has 2 unspecified atom stereocenters. The van der Waals surface area contributed by atoms with Gasteiger partial charge < -0.3 is 20.3 Å². The molecule has 0 saturated heterocycles. The van der Waals surface area contributed by atoms with Crippen molar-refractivity contribution in [1.82, 2.24) is 5.32 Å². The zero-order valence-electron chi connectivity index (χ0n) is 58.1. The first-order valence-corrected chi connectivity index (χ1v) is 39.5. The largest absolute Gasteiger partial charge is 0.466 e. The van der Waals surface area contributed by atoms with Crippen molar-refractivity contribution in [2.75, 3.05) is 13.2 Å². The third-order valence-corrected chi connectivity index (χ3v) is 18.8. The van der Waals surface area contributed by atoms with Gasteiger partial charge >= 0.3 is 5.97 Å². The van der Waals surface area contributed by atoms with Crippen LogP contribution in [0.3, 0.4) is 0 Å². The van der Waals surface area contributed by atoms with Gasteiger partial charge in [0.25, 0.3) is 0 Å². The zero-order chi connectivity index (χ0) is 61.3. The van der Waals surface area contributed by atoms with Crippen molar-refractivity contribution in [2.24, 2.45) is 0 Å². The van der Waals surface area contributed by atoms with Crippen LogP contribution in [0.5, 0.6) is 0 Å². The molecular weight excluding hydrogens is 1040 g/mol. The highest BCUT2D eigenvalue weighted by Gasteiger charge is 2.18. The number of unbranched alkanes of at least 4 members (excludes halogenated alkanes) is 64. The van der Waals surface area contributed by atoms with Crippen LogP contribution in [0.15, 0.2) is 12.2 Å². The Morgan fingerprint density at radius 1 is 0.318 bits per heavy atom. The topological polar surface area (TPSA) is 95.9 Å². The van der Waals surface area contributed by atoms with Crippen LogP contribution in [-0.2, 0) is 14.3 Å². The van der Waals surface area contributed by atoms with Gasteiger partial charge in [0.05, 0.1) is 25.4 Å². The molecule has 0 aliphatic carbocycles. The van der Waals surface area contributed by atoms with Gasteiger partial charge in [-0.15, -0.1) is 0 Å². The minimum Gasteiger partial charge on any atom is -0.466 e. The number of ether oxygens (including phenoxy) is 1. The molecule has 0 saturated carbocycles. The van der Waals surface area contributed by atoms with Gasteiger partial charge in [0, 0.05) is 12.8 Å². The highest BCUT2D eigenvalue weighted by molar-refractivity contribution is 5.76. The molecule has 1 amide bonds. The Bertz CT molecular complexity index is 1290. The Labute approximate surface area is 533 Å². The Balaban J connectivity index is 3.35. The maximum absolute atomic E-state index is 12.6. The number of amides is 1. The third-order valence-electron chi connectivity index (χ3n) is 18.8. The highest BCUT2D eigenvalue weighted by Crippen LogP contribution is 2.20. The fraction of sp³-hybridized carbons (Fsp3) is 0.949. The molecule has 0 spiro atoms. The van der Waals surface area contributed by atoms with Gasteiger partial charge in [-0.05, 0) is 32.1 Å². The smallest absolute Gasteiger partial charge is 0.305 e. The fourth-order valence-corrected chi connectivity index (χ4v) is 12.8. The first-order chi connectivity index (χ1) is 42.0. The van der Waals surface area contributed by atoms with Gasteiger partial charge in [-0.25, -0.2) is 0 Å². The van der Waals surface area contributed by atoms with E-state index in [0.717, 1.165) is 38.5 Å². The Kier molecular flexibility index (Phi) is 73.8. The number of esters is 1. The molecule has 0 fully saturated rings. The normalized spacial score (nSPS) is 12.5. The lowest BCUT2D eigenvalue weighted by molar-refractivity contribution is -0.143. The molecule has 0 aliphatic rings. The molecule has 0 heterocycles. The molecule has 0 aromatic heterocycles. The summed E-state index contributed by atoms with van der Waals surface area (Å²) in [5.41, 5.74) is 0. The molecule has 6 heteroatoms. The van der Waals surface area contributed by atoms with E-state index >= 15 is 0 Å². The number of carbonyl (C=O) groups is 2. The molecular formula is C79H155NO5. The lowest BCUT2D eigenvalue weighted by atomic mass is 10.0. The quantitative estimate of drug-likeness (QED) is 0.0320. The predicted molar refractivity (Wildman–Crippen MR) is 375 cm³/mol. The maximum Gasteiger partial charge on any atom is 0.305 e. The maximum atomic E-state index is 12.6. The first-order valence-electron chi connectivity index (χ1n) is 39.5. The SMILES string of the molecule is CCCCCCCCCCCCCCCCCCCCCCCC/C=C/C(O)C(CO)NC(=O)CCCCCCCCCCCCCCCCCCCCCCCCCCCCCCCCCCOC(=O)CCCCCCCCCCCCCC. The second kappa shape index (κ2) is 75.1. The number of aliphatic hydroxyl groups excluding tert-OH is 2. The molecule has 0 aromatic carbocycles. The summed E-state index contributed by atoms with van der Waals surface area (Å²) in [4.78, 5) is 24.6. The summed E-state index contributed by atoms with van der Waals surface area (Å²) < 4.78 is 5.49. The van der Waals surface area contributed by atoms with E-state index in [1.807, 2.05) is 6.08 Å². The van der Waals surface area contributed by atoms with E-state index in [9.17, 15) is 19.8 Å². The zero-order valence-corrected chi connectivity index (χ0v) is 58.1. The second-order valence-corrected chi connectivity index (χ2v) is 27.4. The van der Waals surface area contributed by atoms with E-state index in [2.05, 4.69) is 19.2 Å². The van der Waals surface area contributed by atoms with Crippen molar-refractivity contribution < 1.29 is 24.5 Å². The average molecular weight is 1200 g/mol. The molecule has 0 rings (SSSR count). The van der Waals surface area contributed by atoms with E-state index in [4.69, 9.17) is 4.74 Å². The summed E-state index contributed by atoms with van der Waals surface area (Å²) in [5.74, 6) is -0.0349. The van der Waals surface area contributed by atoms with Crippen molar-refractivity contribution in [1.29, 1.82) is 0 Å². The number of aliphatic hydroxyl groups is 2. The molecule has 506 valence electrons. The number of rotatable bonds is 75. The molecule has 2 atom stereocenters. The minimum atomic E-state index is -0.842. The minimum absolute atomic E-state index is 0.0228. The summed E-state index contributed by atoms with van der Waals surface area (Å²) >= 11 is 0. The average Bonchev–Trinajstić information content (AvgIpc) is 3.53. The van der Waals surface area contributed by atoms with E-state index in [-0.39, 0.29) is 18.5 Å². The van der Waals surface area contributed by atoms with Crippen molar-refractivity contribution in [3.63, 3.8) is 0 Å². The number of carbonyl (C=O) groups excluding carboxylic acids is 2. The molecule has 85 heavy (non-hydrogen) atoms. The summed E-state index contributed by atoms with van der Waals surface area (Å²) in [6, 6.07) is -0.625. The lowest BCUT2D eigenvalue weighted by Gasteiger charge is -2.20. The molecule has 3 N–H and O–H groups in total.